The molecular formula is C12H14ClNO2. The van der Waals surface area contributed by atoms with Gasteiger partial charge in [0.15, 0.2) is 0 Å². The molecule has 2 N–H and O–H groups in total. The number of ether oxygens (including phenoxy) is 1. The van der Waals surface area contributed by atoms with Crippen molar-refractivity contribution in [1.29, 1.82) is 0 Å². The summed E-state index contributed by atoms with van der Waals surface area (Å²) in [5, 5.41) is 0.380. The first kappa shape index (κ1) is 11.3. The maximum absolute atomic E-state index is 11.7. The molecule has 0 aliphatic heterocycles. The molecule has 0 radical (unpaired) electrons. The fourth-order valence-corrected chi connectivity index (χ4v) is 1.70. The highest BCUT2D eigenvalue weighted by molar-refractivity contribution is 6.33. The van der Waals surface area contributed by atoms with Crippen LogP contribution in [-0.4, -0.2) is 12.6 Å². The van der Waals surface area contributed by atoms with Crippen LogP contribution in [0.25, 0.3) is 0 Å². The minimum atomic E-state index is -0.391. The van der Waals surface area contributed by atoms with E-state index in [1.807, 2.05) is 0 Å². The number of halogens is 1. The van der Waals surface area contributed by atoms with Gasteiger partial charge in [0.05, 0.1) is 17.2 Å². The van der Waals surface area contributed by atoms with Crippen LogP contribution in [-0.2, 0) is 4.74 Å². The number of hydrogen-bond acceptors (Lipinski definition) is 3. The van der Waals surface area contributed by atoms with E-state index in [1.54, 1.807) is 18.2 Å². The van der Waals surface area contributed by atoms with Crippen LogP contribution < -0.4 is 5.73 Å². The van der Waals surface area contributed by atoms with E-state index >= 15 is 0 Å². The lowest BCUT2D eigenvalue weighted by atomic mass is 10.2. The van der Waals surface area contributed by atoms with Crippen molar-refractivity contribution >= 4 is 23.3 Å². The van der Waals surface area contributed by atoms with Gasteiger partial charge < -0.3 is 10.5 Å². The standard InChI is InChI=1S/C12H14ClNO2/c13-11-4-3-9(14)7-10(11)12(15)16-6-5-8-1-2-8/h3-4,7-8H,1-2,5-6,14H2. The molecule has 0 bridgehead atoms. The van der Waals surface area contributed by atoms with Crippen LogP contribution in [0.15, 0.2) is 18.2 Å². The Labute approximate surface area is 99.5 Å². The number of carbonyl (C=O) groups excluding carboxylic acids is 1. The molecule has 16 heavy (non-hydrogen) atoms. The quantitative estimate of drug-likeness (QED) is 0.649. The highest BCUT2D eigenvalue weighted by Crippen LogP contribution is 2.32. The summed E-state index contributed by atoms with van der Waals surface area (Å²) in [4.78, 5) is 11.7. The van der Waals surface area contributed by atoms with Crippen LogP contribution in [0.4, 0.5) is 5.69 Å². The van der Waals surface area contributed by atoms with Gasteiger partial charge in [0.2, 0.25) is 0 Å². The van der Waals surface area contributed by atoms with Crippen LogP contribution in [0.1, 0.15) is 29.6 Å². The molecule has 2 rings (SSSR count). The number of benzene rings is 1. The normalized spacial score (nSPS) is 14.8. The van der Waals surface area contributed by atoms with E-state index in [0.29, 0.717) is 22.9 Å². The first-order valence-corrected chi connectivity index (χ1v) is 5.77. The Bertz CT molecular complexity index is 402. The van der Waals surface area contributed by atoms with E-state index in [2.05, 4.69) is 0 Å². The first-order chi connectivity index (χ1) is 7.66. The Morgan fingerprint density at radius 2 is 2.25 bits per heavy atom. The number of carbonyl (C=O) groups is 1. The third-order valence-electron chi connectivity index (χ3n) is 2.67. The highest BCUT2D eigenvalue weighted by Gasteiger charge is 2.21. The molecule has 0 saturated heterocycles. The SMILES string of the molecule is Nc1ccc(Cl)c(C(=O)OCCC2CC2)c1. The maximum Gasteiger partial charge on any atom is 0.339 e. The smallest absolute Gasteiger partial charge is 0.339 e. The Balaban J connectivity index is 1.93. The van der Waals surface area contributed by atoms with Gasteiger partial charge in [-0.3, -0.25) is 0 Å². The Morgan fingerprint density at radius 3 is 2.94 bits per heavy atom. The largest absolute Gasteiger partial charge is 0.462 e. The van der Waals surface area contributed by atoms with Gasteiger partial charge in [-0.2, -0.15) is 0 Å². The number of nitrogens with two attached hydrogens (primary N) is 1. The molecule has 1 aliphatic rings. The van der Waals surface area contributed by atoms with Crippen molar-refractivity contribution in [2.75, 3.05) is 12.3 Å². The Kier molecular flexibility index (Phi) is 3.34. The van der Waals surface area contributed by atoms with Crippen LogP contribution in [0.5, 0.6) is 0 Å². The summed E-state index contributed by atoms with van der Waals surface area (Å²) in [6.45, 7) is 0.467. The zero-order valence-corrected chi connectivity index (χ0v) is 9.67. The first-order valence-electron chi connectivity index (χ1n) is 5.39. The lowest BCUT2D eigenvalue weighted by Crippen LogP contribution is -2.08. The average molecular weight is 240 g/mol. The molecule has 4 heteroatoms. The Morgan fingerprint density at radius 1 is 1.50 bits per heavy atom. The Hall–Kier alpha value is -1.22. The summed E-state index contributed by atoms with van der Waals surface area (Å²) in [5.74, 6) is 0.363. The van der Waals surface area contributed by atoms with Crippen molar-refractivity contribution in [3.8, 4) is 0 Å². The van der Waals surface area contributed by atoms with E-state index in [1.165, 1.54) is 12.8 Å². The molecule has 1 saturated carbocycles. The molecule has 3 nitrogen and oxygen atoms in total. The lowest BCUT2D eigenvalue weighted by molar-refractivity contribution is 0.0495. The van der Waals surface area contributed by atoms with Gasteiger partial charge in [0, 0.05) is 5.69 Å². The zero-order chi connectivity index (χ0) is 11.5. The number of rotatable bonds is 4. The minimum Gasteiger partial charge on any atom is -0.462 e. The van der Waals surface area contributed by atoms with E-state index in [9.17, 15) is 4.79 Å². The molecule has 0 amide bonds. The van der Waals surface area contributed by atoms with Gasteiger partial charge in [-0.25, -0.2) is 4.79 Å². The predicted molar refractivity (Wildman–Crippen MR) is 63.5 cm³/mol. The summed E-state index contributed by atoms with van der Waals surface area (Å²) in [5.41, 5.74) is 6.44. The molecule has 86 valence electrons. The molecule has 0 atom stereocenters. The van der Waals surface area contributed by atoms with Crippen molar-refractivity contribution in [2.24, 2.45) is 5.92 Å². The van der Waals surface area contributed by atoms with Crippen molar-refractivity contribution in [3.05, 3.63) is 28.8 Å². The highest BCUT2D eigenvalue weighted by atomic mass is 35.5. The summed E-state index contributed by atoms with van der Waals surface area (Å²) in [6, 6.07) is 4.81. The molecule has 1 fully saturated rings. The van der Waals surface area contributed by atoms with Gasteiger partial charge in [-0.05, 0) is 30.5 Å². The van der Waals surface area contributed by atoms with E-state index in [-0.39, 0.29) is 0 Å². The summed E-state index contributed by atoms with van der Waals surface area (Å²) >= 11 is 5.89. The van der Waals surface area contributed by atoms with Crippen LogP contribution in [0.3, 0.4) is 0 Å². The van der Waals surface area contributed by atoms with Crippen LogP contribution in [0.2, 0.25) is 5.02 Å². The second-order valence-corrected chi connectivity index (χ2v) is 4.51. The third kappa shape index (κ3) is 2.89. The predicted octanol–water partition coefficient (Wildman–Crippen LogP) is 2.88. The van der Waals surface area contributed by atoms with Gasteiger partial charge >= 0.3 is 5.97 Å². The molecular weight excluding hydrogens is 226 g/mol. The molecule has 1 aromatic rings. The fourth-order valence-electron chi connectivity index (χ4n) is 1.50. The second-order valence-electron chi connectivity index (χ2n) is 4.11. The van der Waals surface area contributed by atoms with Gasteiger partial charge in [-0.1, -0.05) is 24.4 Å². The van der Waals surface area contributed by atoms with E-state index in [0.717, 1.165) is 12.3 Å². The lowest BCUT2D eigenvalue weighted by Gasteiger charge is -2.06. The molecule has 0 heterocycles. The number of anilines is 1. The monoisotopic (exact) mass is 239 g/mol. The van der Waals surface area contributed by atoms with Gasteiger partial charge in [0.1, 0.15) is 0 Å². The number of nitrogen functional groups attached to an aromatic ring is 1. The molecule has 0 aromatic heterocycles. The number of esters is 1. The van der Waals surface area contributed by atoms with E-state index in [4.69, 9.17) is 22.1 Å². The molecule has 0 unspecified atom stereocenters. The summed E-state index contributed by atoms with van der Waals surface area (Å²) < 4.78 is 5.14. The van der Waals surface area contributed by atoms with Crippen LogP contribution >= 0.6 is 11.6 Å². The second kappa shape index (κ2) is 4.74. The molecule has 0 spiro atoms. The summed E-state index contributed by atoms with van der Waals surface area (Å²) in [6.07, 6.45) is 3.47. The zero-order valence-electron chi connectivity index (χ0n) is 8.91. The topological polar surface area (TPSA) is 52.3 Å². The van der Waals surface area contributed by atoms with Crippen molar-refractivity contribution in [1.82, 2.24) is 0 Å². The van der Waals surface area contributed by atoms with Crippen LogP contribution in [0, 0.1) is 5.92 Å². The third-order valence-corrected chi connectivity index (χ3v) is 3.00. The minimum absolute atomic E-state index is 0.345. The number of hydrogen-bond donors (Lipinski definition) is 1. The molecule has 1 aromatic carbocycles. The molecule has 1 aliphatic carbocycles. The van der Waals surface area contributed by atoms with E-state index < -0.39 is 5.97 Å². The van der Waals surface area contributed by atoms with Crippen molar-refractivity contribution in [2.45, 2.75) is 19.3 Å². The van der Waals surface area contributed by atoms with Gasteiger partial charge in [-0.15, -0.1) is 0 Å². The van der Waals surface area contributed by atoms with Crippen molar-refractivity contribution in [3.63, 3.8) is 0 Å². The maximum atomic E-state index is 11.7. The average Bonchev–Trinajstić information content (AvgIpc) is 3.05. The van der Waals surface area contributed by atoms with Crippen molar-refractivity contribution < 1.29 is 9.53 Å². The fraction of sp³-hybridized carbons (Fsp3) is 0.417. The van der Waals surface area contributed by atoms with Gasteiger partial charge in [0.25, 0.3) is 0 Å². The summed E-state index contributed by atoms with van der Waals surface area (Å²) in [7, 11) is 0.